The van der Waals surface area contributed by atoms with Crippen molar-refractivity contribution in [3.63, 3.8) is 0 Å². The summed E-state index contributed by atoms with van der Waals surface area (Å²) in [6.07, 6.45) is 21.4. The highest BCUT2D eigenvalue weighted by Gasteiger charge is 2.31. The molecule has 0 aliphatic rings. The van der Waals surface area contributed by atoms with Crippen molar-refractivity contribution in [2.45, 2.75) is 123 Å². The average molecular weight is 473 g/mol. The SMILES string of the molecule is CCCCCCC=CCC(CCCCC)CCCC(CCc1ccccc1)C(C(=O)O)C(C)O. The zero-order valence-electron chi connectivity index (χ0n) is 22.3. The maximum absolute atomic E-state index is 12.0. The highest BCUT2D eigenvalue weighted by atomic mass is 16.4. The Morgan fingerprint density at radius 3 is 2.18 bits per heavy atom. The van der Waals surface area contributed by atoms with Gasteiger partial charge in [0, 0.05) is 0 Å². The monoisotopic (exact) mass is 472 g/mol. The maximum atomic E-state index is 12.0. The van der Waals surface area contributed by atoms with Gasteiger partial charge in [-0.15, -0.1) is 0 Å². The number of hydrogen-bond acceptors (Lipinski definition) is 2. The van der Waals surface area contributed by atoms with E-state index in [4.69, 9.17) is 0 Å². The van der Waals surface area contributed by atoms with E-state index in [1.54, 1.807) is 6.92 Å². The fourth-order valence-corrected chi connectivity index (χ4v) is 5.13. The molecule has 34 heavy (non-hydrogen) atoms. The van der Waals surface area contributed by atoms with Crippen molar-refractivity contribution in [1.82, 2.24) is 0 Å². The summed E-state index contributed by atoms with van der Waals surface area (Å²) >= 11 is 0. The Kier molecular flexibility index (Phi) is 17.6. The number of allylic oxidation sites excluding steroid dienone is 2. The minimum absolute atomic E-state index is 0.00288. The molecule has 1 aromatic carbocycles. The number of aliphatic hydroxyl groups is 1. The molecule has 4 unspecified atom stereocenters. The van der Waals surface area contributed by atoms with Crippen LogP contribution in [0.25, 0.3) is 0 Å². The molecule has 0 heterocycles. The molecule has 0 bridgehead atoms. The Labute approximate surface area is 210 Å². The average Bonchev–Trinajstić information content (AvgIpc) is 2.81. The van der Waals surface area contributed by atoms with E-state index >= 15 is 0 Å². The van der Waals surface area contributed by atoms with Crippen LogP contribution in [0.1, 0.15) is 116 Å². The zero-order valence-corrected chi connectivity index (χ0v) is 22.3. The molecule has 0 saturated heterocycles. The standard InChI is InChI=1S/C31H52O3/c1-4-6-8-9-10-11-14-19-27(18-13-7-5-2)22-17-23-29(30(26(3)32)31(33)34)25-24-28-20-15-12-16-21-28/h11-12,14-16,20-21,26-27,29-30,32H,4-10,13,17-19,22-25H2,1-3H3,(H,33,34). The summed E-state index contributed by atoms with van der Waals surface area (Å²) in [6.45, 7) is 6.14. The second-order valence-electron chi connectivity index (χ2n) is 10.2. The van der Waals surface area contributed by atoms with Crippen LogP contribution in [0.5, 0.6) is 0 Å². The number of benzene rings is 1. The third-order valence-electron chi connectivity index (χ3n) is 7.22. The van der Waals surface area contributed by atoms with Crippen molar-refractivity contribution < 1.29 is 15.0 Å². The summed E-state index contributed by atoms with van der Waals surface area (Å²) in [7, 11) is 0. The minimum atomic E-state index is -0.862. The normalized spacial score (nSPS) is 15.3. The largest absolute Gasteiger partial charge is 0.481 e. The Hall–Kier alpha value is -1.61. The first-order valence-electron chi connectivity index (χ1n) is 14.1. The summed E-state index contributed by atoms with van der Waals surface area (Å²) in [6, 6.07) is 10.3. The molecule has 194 valence electrons. The molecule has 0 spiro atoms. The predicted molar refractivity (Wildman–Crippen MR) is 145 cm³/mol. The Bertz CT molecular complexity index is 637. The second kappa shape index (κ2) is 19.7. The van der Waals surface area contributed by atoms with Gasteiger partial charge in [0.1, 0.15) is 0 Å². The molecule has 0 saturated carbocycles. The van der Waals surface area contributed by atoms with E-state index in [1.807, 2.05) is 18.2 Å². The lowest BCUT2D eigenvalue weighted by Crippen LogP contribution is -2.33. The first-order chi connectivity index (χ1) is 16.5. The summed E-state index contributed by atoms with van der Waals surface area (Å²) in [5, 5.41) is 20.0. The number of unbranched alkanes of at least 4 members (excludes halogenated alkanes) is 6. The first kappa shape index (κ1) is 30.4. The van der Waals surface area contributed by atoms with Crippen molar-refractivity contribution in [3.05, 3.63) is 48.0 Å². The van der Waals surface area contributed by atoms with Crippen molar-refractivity contribution >= 4 is 5.97 Å². The van der Waals surface area contributed by atoms with E-state index < -0.39 is 18.0 Å². The first-order valence-corrected chi connectivity index (χ1v) is 14.1. The molecule has 4 atom stereocenters. The molecule has 1 aromatic rings. The minimum Gasteiger partial charge on any atom is -0.481 e. The van der Waals surface area contributed by atoms with Crippen LogP contribution in [0.3, 0.4) is 0 Å². The number of rotatable bonds is 21. The topological polar surface area (TPSA) is 57.5 Å². The number of carboxylic acid groups (broad SMARTS) is 1. The lowest BCUT2D eigenvalue weighted by Gasteiger charge is -2.27. The van der Waals surface area contributed by atoms with Gasteiger partial charge in [0.2, 0.25) is 0 Å². The Morgan fingerprint density at radius 2 is 1.53 bits per heavy atom. The molecule has 0 aromatic heterocycles. The third kappa shape index (κ3) is 13.9. The highest BCUT2D eigenvalue weighted by Crippen LogP contribution is 2.30. The van der Waals surface area contributed by atoms with Crippen LogP contribution in [-0.2, 0) is 11.2 Å². The van der Waals surface area contributed by atoms with Gasteiger partial charge >= 0.3 is 5.97 Å². The van der Waals surface area contributed by atoms with Crippen LogP contribution in [0.15, 0.2) is 42.5 Å². The zero-order chi connectivity index (χ0) is 25.0. The summed E-state index contributed by atoms with van der Waals surface area (Å²) in [4.78, 5) is 12.0. The summed E-state index contributed by atoms with van der Waals surface area (Å²) in [5.74, 6) is -0.866. The molecule has 1 rings (SSSR count). The van der Waals surface area contributed by atoms with Crippen LogP contribution in [0.4, 0.5) is 0 Å². The van der Waals surface area contributed by atoms with Crippen LogP contribution >= 0.6 is 0 Å². The molecule has 3 nitrogen and oxygen atoms in total. The van der Waals surface area contributed by atoms with E-state index in [1.165, 1.54) is 63.4 Å². The lowest BCUT2D eigenvalue weighted by atomic mass is 9.79. The number of carbonyl (C=O) groups is 1. The van der Waals surface area contributed by atoms with Gasteiger partial charge in [0.25, 0.3) is 0 Å². The summed E-state index contributed by atoms with van der Waals surface area (Å²) < 4.78 is 0. The van der Waals surface area contributed by atoms with Crippen LogP contribution in [-0.4, -0.2) is 22.3 Å². The van der Waals surface area contributed by atoms with Crippen LogP contribution in [0, 0.1) is 17.8 Å². The summed E-state index contributed by atoms with van der Waals surface area (Å²) in [5.41, 5.74) is 1.24. The Morgan fingerprint density at radius 1 is 0.853 bits per heavy atom. The van der Waals surface area contributed by atoms with Gasteiger partial charge in [-0.05, 0) is 62.8 Å². The van der Waals surface area contributed by atoms with E-state index in [0.29, 0.717) is 5.92 Å². The second-order valence-corrected chi connectivity index (χ2v) is 10.2. The highest BCUT2D eigenvalue weighted by molar-refractivity contribution is 5.71. The number of hydrogen-bond donors (Lipinski definition) is 2. The van der Waals surface area contributed by atoms with Gasteiger partial charge in [-0.2, -0.15) is 0 Å². The van der Waals surface area contributed by atoms with E-state index in [9.17, 15) is 15.0 Å². The number of aryl methyl sites for hydroxylation is 1. The van der Waals surface area contributed by atoms with Gasteiger partial charge in [-0.3, -0.25) is 4.79 Å². The molecule has 0 aliphatic carbocycles. The molecule has 0 radical (unpaired) electrons. The van der Waals surface area contributed by atoms with Gasteiger partial charge in [0.15, 0.2) is 0 Å². The van der Waals surface area contributed by atoms with Gasteiger partial charge in [0.05, 0.1) is 12.0 Å². The van der Waals surface area contributed by atoms with Gasteiger partial charge in [-0.25, -0.2) is 0 Å². The number of aliphatic hydroxyl groups excluding tert-OH is 1. The van der Waals surface area contributed by atoms with Crippen molar-refractivity contribution in [2.24, 2.45) is 17.8 Å². The predicted octanol–water partition coefficient (Wildman–Crippen LogP) is 8.60. The van der Waals surface area contributed by atoms with Crippen molar-refractivity contribution in [3.8, 4) is 0 Å². The quantitative estimate of drug-likeness (QED) is 0.139. The van der Waals surface area contributed by atoms with E-state index in [0.717, 1.165) is 38.5 Å². The fraction of sp³-hybridized carbons (Fsp3) is 0.710. The fourth-order valence-electron chi connectivity index (χ4n) is 5.13. The van der Waals surface area contributed by atoms with Crippen molar-refractivity contribution in [2.75, 3.05) is 0 Å². The van der Waals surface area contributed by atoms with Gasteiger partial charge < -0.3 is 10.2 Å². The van der Waals surface area contributed by atoms with Crippen molar-refractivity contribution in [1.29, 1.82) is 0 Å². The Balaban J connectivity index is 2.64. The maximum Gasteiger partial charge on any atom is 0.309 e. The van der Waals surface area contributed by atoms with Crippen LogP contribution in [0.2, 0.25) is 0 Å². The number of aliphatic carboxylic acids is 1. The molecule has 0 amide bonds. The molecule has 3 heteroatoms. The van der Waals surface area contributed by atoms with E-state index in [2.05, 4.69) is 38.1 Å². The molecular formula is C31H52O3. The molecule has 0 fully saturated rings. The van der Waals surface area contributed by atoms with Crippen LogP contribution < -0.4 is 0 Å². The van der Waals surface area contributed by atoms with Gasteiger partial charge in [-0.1, -0.05) is 114 Å². The smallest absolute Gasteiger partial charge is 0.309 e. The molecule has 0 aliphatic heterocycles. The molecular weight excluding hydrogens is 420 g/mol. The lowest BCUT2D eigenvalue weighted by molar-refractivity contribution is -0.148. The third-order valence-corrected chi connectivity index (χ3v) is 7.22. The number of carboxylic acids is 1. The molecule has 2 N–H and O–H groups in total. The van der Waals surface area contributed by atoms with E-state index in [-0.39, 0.29) is 5.92 Å².